The maximum atomic E-state index is 2.57. The lowest BCUT2D eigenvalue weighted by Crippen LogP contribution is -2.17. The second-order valence-corrected chi connectivity index (χ2v) is 22.2. The lowest BCUT2D eigenvalue weighted by molar-refractivity contribution is 0.667. The molecule has 0 spiro atoms. The molecule has 0 heterocycles. The van der Waals surface area contributed by atoms with Gasteiger partial charge in [-0.1, -0.05) is 293 Å². The Morgan fingerprint density at radius 1 is 0.209 bits per heavy atom. The van der Waals surface area contributed by atoms with Crippen molar-refractivity contribution < 1.29 is 0 Å². The van der Waals surface area contributed by atoms with Crippen LogP contribution in [-0.4, -0.2) is 0 Å². The molecule has 0 fully saturated rings. The number of hydrogen-bond acceptors (Lipinski definition) is 2. The Kier molecular flexibility index (Phi) is 16.5. The normalized spacial score (nSPS) is 11.1. The van der Waals surface area contributed by atoms with Crippen LogP contribution in [0.5, 0.6) is 0 Å². The molecule has 0 amide bonds. The van der Waals surface area contributed by atoms with Gasteiger partial charge in [-0.05, 0) is 152 Å². The molecule has 0 N–H and O–H groups in total. The Morgan fingerprint density at radius 2 is 0.465 bits per heavy atom. The van der Waals surface area contributed by atoms with Gasteiger partial charge in [0.2, 0.25) is 0 Å². The second kappa shape index (κ2) is 25.9. The molecule has 2 nitrogen and oxygen atoms in total. The zero-order valence-electron chi connectivity index (χ0n) is 48.7. The van der Waals surface area contributed by atoms with E-state index in [2.05, 4.69) is 350 Å². The highest BCUT2D eigenvalue weighted by Gasteiger charge is 2.28. The molecule has 414 valence electrons. The van der Waals surface area contributed by atoms with Crippen molar-refractivity contribution in [2.45, 2.75) is 39.0 Å². The van der Waals surface area contributed by atoms with E-state index in [1.807, 2.05) is 0 Å². The molecule has 0 atom stereocenters. The fraction of sp³-hybridized carbons (Fsp3) is 0.0714. The van der Waals surface area contributed by atoms with Crippen LogP contribution in [0.25, 0.3) is 89.0 Å². The smallest absolute Gasteiger partial charge is 0.0618 e. The first kappa shape index (κ1) is 54.7. The number of unbranched alkanes of at least 4 members (excludes halogenated alkanes) is 3. The van der Waals surface area contributed by atoms with Crippen LogP contribution in [0.4, 0.5) is 34.1 Å². The van der Waals surface area contributed by atoms with Crippen LogP contribution in [0.3, 0.4) is 0 Å². The molecular weight excluding hydrogens is 1040 g/mol. The molecule has 0 unspecified atom stereocenters. The summed E-state index contributed by atoms with van der Waals surface area (Å²) < 4.78 is 0. The van der Waals surface area contributed by atoms with Crippen molar-refractivity contribution in [1.82, 2.24) is 0 Å². The molecule has 0 saturated heterocycles. The van der Waals surface area contributed by atoms with E-state index in [-0.39, 0.29) is 0 Å². The van der Waals surface area contributed by atoms with Gasteiger partial charge >= 0.3 is 0 Å². The minimum atomic E-state index is 0.913. The summed E-state index contributed by atoms with van der Waals surface area (Å²) >= 11 is 0. The summed E-state index contributed by atoms with van der Waals surface area (Å²) in [5, 5.41) is 0. The molecule has 0 aliphatic heterocycles. The SMILES string of the molecule is CCCCCCc1cc(N(c2ccc(-c3ccccc3)cc2)c2c(-c3ccccc3)cc(-c3ccccc3)cc2-c2ccccc2)cc(N(c2ccc(-c3ccccc3)cc2)c2c(-c3ccccc3)cc(-c3ccccc3)cc2-c2ccccc2)c1. The van der Waals surface area contributed by atoms with Crippen LogP contribution in [0.1, 0.15) is 38.2 Å². The van der Waals surface area contributed by atoms with E-state index in [4.69, 9.17) is 0 Å². The highest BCUT2D eigenvalue weighted by Crippen LogP contribution is 2.53. The maximum Gasteiger partial charge on any atom is 0.0618 e. The van der Waals surface area contributed by atoms with Gasteiger partial charge in [0.05, 0.1) is 11.4 Å². The molecule has 0 aliphatic carbocycles. The van der Waals surface area contributed by atoms with Gasteiger partial charge in [0.15, 0.2) is 0 Å². The van der Waals surface area contributed by atoms with Crippen molar-refractivity contribution in [1.29, 1.82) is 0 Å². The first-order valence-corrected chi connectivity index (χ1v) is 30.4. The molecule has 0 aromatic heterocycles. The van der Waals surface area contributed by atoms with Gasteiger partial charge in [-0.3, -0.25) is 0 Å². The molecular formula is C84H68N2. The van der Waals surface area contributed by atoms with Crippen molar-refractivity contribution in [3.63, 3.8) is 0 Å². The molecule has 0 saturated carbocycles. The zero-order valence-corrected chi connectivity index (χ0v) is 48.7. The predicted octanol–water partition coefficient (Wildman–Crippen LogP) is 24.1. The Labute approximate surface area is 508 Å². The van der Waals surface area contributed by atoms with E-state index in [1.165, 1.54) is 34.2 Å². The fourth-order valence-electron chi connectivity index (χ4n) is 12.2. The van der Waals surface area contributed by atoms with Crippen LogP contribution in [0.2, 0.25) is 0 Å². The van der Waals surface area contributed by atoms with E-state index in [1.54, 1.807) is 0 Å². The Bertz CT molecular complexity index is 3910. The van der Waals surface area contributed by atoms with E-state index in [0.717, 1.165) is 127 Å². The minimum Gasteiger partial charge on any atom is -0.309 e. The van der Waals surface area contributed by atoms with Crippen molar-refractivity contribution >= 4 is 34.1 Å². The maximum absolute atomic E-state index is 2.57. The van der Waals surface area contributed by atoms with Crippen molar-refractivity contribution in [3.8, 4) is 89.0 Å². The standard InChI is InChI=1S/C84H68N2/c1-2-3-4-13-30-62-55-77(85(75-51-47-67(48-52-75)63-31-14-5-15-32-63)83-79(69-39-22-9-23-40-69)57-73(65-35-18-7-19-36-65)58-80(83)70-41-24-10-25-42-70)61-78(56-62)86(76-53-49-68(50-54-76)64-33-16-6-17-34-64)84-81(71-43-26-11-27-44-71)59-74(66-37-20-8-21-38-66)60-82(84)72-45-28-12-29-46-72/h5-12,14-29,31-61H,2-4,13,30H2,1H3. The summed E-state index contributed by atoms with van der Waals surface area (Å²) in [5.74, 6) is 0. The van der Waals surface area contributed by atoms with Crippen molar-refractivity contribution in [2.75, 3.05) is 9.80 Å². The molecule has 0 aliphatic rings. The van der Waals surface area contributed by atoms with E-state index < -0.39 is 0 Å². The van der Waals surface area contributed by atoms with E-state index in [0.29, 0.717) is 0 Å². The van der Waals surface area contributed by atoms with Crippen LogP contribution in [0.15, 0.2) is 334 Å². The minimum absolute atomic E-state index is 0.913. The zero-order chi connectivity index (χ0) is 57.9. The van der Waals surface area contributed by atoms with Crippen LogP contribution < -0.4 is 9.80 Å². The lowest BCUT2D eigenvalue weighted by atomic mass is 9.89. The average Bonchev–Trinajstić information content (AvgIpc) is 3.43. The number of nitrogens with zero attached hydrogens (tertiary/aromatic N) is 2. The van der Waals surface area contributed by atoms with Gasteiger partial charge in [-0.25, -0.2) is 0 Å². The van der Waals surface area contributed by atoms with Gasteiger partial charge in [0, 0.05) is 45.0 Å². The molecule has 0 bridgehead atoms. The lowest BCUT2D eigenvalue weighted by Gasteiger charge is -2.34. The highest BCUT2D eigenvalue weighted by atomic mass is 15.2. The summed E-state index contributed by atoms with van der Waals surface area (Å²) in [5.41, 5.74) is 26.1. The first-order chi connectivity index (χ1) is 42.6. The Morgan fingerprint density at radius 3 is 0.744 bits per heavy atom. The summed E-state index contributed by atoms with van der Waals surface area (Å²) in [6, 6.07) is 123. The van der Waals surface area contributed by atoms with E-state index >= 15 is 0 Å². The van der Waals surface area contributed by atoms with Crippen molar-refractivity contribution in [2.24, 2.45) is 0 Å². The summed E-state index contributed by atoms with van der Waals surface area (Å²) in [4.78, 5) is 5.14. The summed E-state index contributed by atoms with van der Waals surface area (Å²) in [6.45, 7) is 2.30. The molecule has 13 aromatic carbocycles. The number of anilines is 6. The third-order valence-corrected chi connectivity index (χ3v) is 16.5. The van der Waals surface area contributed by atoms with Crippen LogP contribution in [-0.2, 0) is 6.42 Å². The molecule has 13 aromatic rings. The monoisotopic (exact) mass is 1100 g/mol. The number of benzene rings is 13. The van der Waals surface area contributed by atoms with Crippen molar-refractivity contribution in [3.05, 3.63) is 339 Å². The summed E-state index contributed by atoms with van der Waals surface area (Å²) in [6.07, 6.45) is 5.49. The van der Waals surface area contributed by atoms with Gasteiger partial charge < -0.3 is 9.80 Å². The predicted molar refractivity (Wildman–Crippen MR) is 367 cm³/mol. The Hall–Kier alpha value is -10.5. The van der Waals surface area contributed by atoms with Crippen LogP contribution in [0, 0.1) is 0 Å². The second-order valence-electron chi connectivity index (χ2n) is 22.2. The first-order valence-electron chi connectivity index (χ1n) is 30.4. The summed E-state index contributed by atoms with van der Waals surface area (Å²) in [7, 11) is 0. The molecule has 13 rings (SSSR count). The van der Waals surface area contributed by atoms with Gasteiger partial charge in [0.1, 0.15) is 0 Å². The number of rotatable bonds is 19. The highest BCUT2D eigenvalue weighted by molar-refractivity contribution is 6.03. The average molecular weight is 1110 g/mol. The van der Waals surface area contributed by atoms with Gasteiger partial charge in [-0.15, -0.1) is 0 Å². The Balaban J connectivity index is 1.14. The molecule has 2 heteroatoms. The molecule has 0 radical (unpaired) electrons. The fourth-order valence-corrected chi connectivity index (χ4v) is 12.2. The van der Waals surface area contributed by atoms with Gasteiger partial charge in [-0.2, -0.15) is 0 Å². The third-order valence-electron chi connectivity index (χ3n) is 16.5. The largest absolute Gasteiger partial charge is 0.309 e. The van der Waals surface area contributed by atoms with E-state index in [9.17, 15) is 0 Å². The van der Waals surface area contributed by atoms with Gasteiger partial charge in [0.25, 0.3) is 0 Å². The molecule has 86 heavy (non-hydrogen) atoms. The quantitative estimate of drug-likeness (QED) is 0.0745. The topological polar surface area (TPSA) is 6.48 Å². The third kappa shape index (κ3) is 12.0. The number of aryl methyl sites for hydroxylation is 1. The van der Waals surface area contributed by atoms with Crippen LogP contribution >= 0.6 is 0 Å². The number of hydrogen-bond donors (Lipinski definition) is 0.